The number of carbonyl (C=O) groups excluding carboxylic acids is 1. The normalized spacial score (nSPS) is 19.2. The average molecular weight is 259 g/mol. The Morgan fingerprint density at radius 3 is 2.56 bits per heavy atom. The van der Waals surface area contributed by atoms with Gasteiger partial charge in [-0.2, -0.15) is 0 Å². The second-order valence-electron chi connectivity index (χ2n) is 4.49. The summed E-state index contributed by atoms with van der Waals surface area (Å²) >= 11 is 0. The van der Waals surface area contributed by atoms with E-state index >= 15 is 0 Å². The topological polar surface area (TPSA) is 90.9 Å². The van der Waals surface area contributed by atoms with Crippen molar-refractivity contribution in [2.45, 2.75) is 25.0 Å². The Balaban J connectivity index is 2.23. The molecule has 0 bridgehead atoms. The first kappa shape index (κ1) is 14.7. The highest BCUT2D eigenvalue weighted by Gasteiger charge is 2.20. The molecule has 0 spiro atoms. The number of piperidine rings is 1. The number of amides is 2. The van der Waals surface area contributed by atoms with Crippen molar-refractivity contribution in [2.24, 2.45) is 0 Å². The molecule has 3 N–H and O–H groups in total. The molecular weight excluding hydrogens is 238 g/mol. The number of urea groups is 1. The number of methoxy groups -OCH3 is 1. The lowest BCUT2D eigenvalue weighted by atomic mass is 10.1. The molecule has 1 aliphatic heterocycles. The van der Waals surface area contributed by atoms with Crippen molar-refractivity contribution in [1.82, 2.24) is 15.5 Å². The van der Waals surface area contributed by atoms with Crippen LogP contribution in [0.25, 0.3) is 0 Å². The smallest absolute Gasteiger partial charge is 0.334 e. The lowest BCUT2D eigenvalue weighted by Crippen LogP contribution is -2.49. The Bertz CT molecular complexity index is 290. The largest absolute Gasteiger partial charge is 0.479 e. The lowest BCUT2D eigenvalue weighted by molar-refractivity contribution is -0.147. The summed E-state index contributed by atoms with van der Waals surface area (Å²) < 4.78 is 4.72. The first-order valence-electron chi connectivity index (χ1n) is 6.01. The van der Waals surface area contributed by atoms with Crippen LogP contribution in [0.3, 0.4) is 0 Å². The lowest BCUT2D eigenvalue weighted by Gasteiger charge is -2.29. The summed E-state index contributed by atoms with van der Waals surface area (Å²) in [6.07, 6.45) is 0.820. The number of carboxylic acid groups (broad SMARTS) is 1. The summed E-state index contributed by atoms with van der Waals surface area (Å²) in [5.41, 5.74) is 0. The summed E-state index contributed by atoms with van der Waals surface area (Å²) in [4.78, 5) is 24.4. The summed E-state index contributed by atoms with van der Waals surface area (Å²) in [5.74, 6) is -1.09. The zero-order valence-electron chi connectivity index (χ0n) is 10.8. The molecule has 1 saturated heterocycles. The highest BCUT2D eigenvalue weighted by atomic mass is 16.5. The van der Waals surface area contributed by atoms with Crippen molar-refractivity contribution in [1.29, 1.82) is 0 Å². The maximum atomic E-state index is 11.6. The van der Waals surface area contributed by atoms with Gasteiger partial charge in [0.25, 0.3) is 0 Å². The number of likely N-dealkylation sites (tertiary alicyclic amines) is 1. The molecule has 0 aliphatic carbocycles. The Kier molecular flexibility index (Phi) is 5.87. The predicted molar refractivity (Wildman–Crippen MR) is 65.5 cm³/mol. The van der Waals surface area contributed by atoms with E-state index in [0.717, 1.165) is 25.9 Å². The maximum Gasteiger partial charge on any atom is 0.334 e. The van der Waals surface area contributed by atoms with Gasteiger partial charge in [0, 0.05) is 13.2 Å². The fourth-order valence-corrected chi connectivity index (χ4v) is 1.85. The van der Waals surface area contributed by atoms with Gasteiger partial charge < -0.3 is 25.4 Å². The molecule has 104 valence electrons. The van der Waals surface area contributed by atoms with E-state index in [0.29, 0.717) is 0 Å². The second kappa shape index (κ2) is 7.17. The molecule has 7 nitrogen and oxygen atoms in total. The maximum absolute atomic E-state index is 11.6. The first-order chi connectivity index (χ1) is 8.52. The number of aliphatic carboxylic acids is 1. The van der Waals surface area contributed by atoms with Gasteiger partial charge >= 0.3 is 12.0 Å². The van der Waals surface area contributed by atoms with E-state index in [9.17, 15) is 9.59 Å². The number of carbonyl (C=O) groups is 2. The van der Waals surface area contributed by atoms with Gasteiger partial charge in [0.05, 0.1) is 6.54 Å². The van der Waals surface area contributed by atoms with E-state index in [1.54, 1.807) is 0 Å². The van der Waals surface area contributed by atoms with Crippen LogP contribution in [-0.4, -0.2) is 67.9 Å². The van der Waals surface area contributed by atoms with Crippen molar-refractivity contribution < 1.29 is 19.4 Å². The van der Waals surface area contributed by atoms with Crippen LogP contribution >= 0.6 is 0 Å². The fraction of sp³-hybridized carbons (Fsp3) is 0.818. The zero-order chi connectivity index (χ0) is 13.5. The van der Waals surface area contributed by atoms with Gasteiger partial charge in [-0.3, -0.25) is 0 Å². The van der Waals surface area contributed by atoms with Crippen LogP contribution in [0.15, 0.2) is 0 Å². The average Bonchev–Trinajstić information content (AvgIpc) is 2.32. The molecule has 1 atom stereocenters. The number of rotatable bonds is 5. The summed E-state index contributed by atoms with van der Waals surface area (Å²) in [7, 11) is 3.35. The molecular formula is C11H21N3O4. The molecule has 0 saturated carbocycles. The molecule has 0 aromatic rings. The van der Waals surface area contributed by atoms with Gasteiger partial charge in [-0.15, -0.1) is 0 Å². The van der Waals surface area contributed by atoms with Crippen LogP contribution in [-0.2, 0) is 9.53 Å². The predicted octanol–water partition coefficient (Wildman–Crippen LogP) is -0.521. The number of carboxylic acids is 1. The van der Waals surface area contributed by atoms with Gasteiger partial charge in [-0.25, -0.2) is 9.59 Å². The number of hydrogen-bond donors (Lipinski definition) is 3. The third kappa shape index (κ3) is 4.89. The number of nitrogens with zero attached hydrogens (tertiary/aromatic N) is 1. The molecule has 0 aromatic heterocycles. The summed E-state index contributed by atoms with van der Waals surface area (Å²) in [6, 6.07) is -0.181. The van der Waals surface area contributed by atoms with E-state index in [4.69, 9.17) is 9.84 Å². The molecule has 1 rings (SSSR count). The SMILES string of the molecule is COC(CNC(=O)NC1CCN(C)CC1)C(=O)O. The zero-order valence-corrected chi connectivity index (χ0v) is 10.8. The van der Waals surface area contributed by atoms with E-state index in [2.05, 4.69) is 15.5 Å². The van der Waals surface area contributed by atoms with Gasteiger partial charge in [-0.05, 0) is 33.0 Å². The molecule has 7 heteroatoms. The van der Waals surface area contributed by atoms with E-state index in [1.165, 1.54) is 7.11 Å². The quantitative estimate of drug-likeness (QED) is 0.618. The molecule has 0 radical (unpaired) electrons. The van der Waals surface area contributed by atoms with Gasteiger partial charge in [0.15, 0.2) is 6.10 Å². The second-order valence-corrected chi connectivity index (χ2v) is 4.49. The van der Waals surface area contributed by atoms with E-state index in [1.807, 2.05) is 7.05 Å². The standard InChI is InChI=1S/C11H21N3O4/c1-14-5-3-8(4-6-14)13-11(17)12-7-9(18-2)10(15)16/h8-9H,3-7H2,1-2H3,(H,15,16)(H2,12,13,17). The third-order valence-corrected chi connectivity index (χ3v) is 3.06. The van der Waals surface area contributed by atoms with Gasteiger partial charge in [0.1, 0.15) is 0 Å². The molecule has 1 unspecified atom stereocenters. The first-order valence-corrected chi connectivity index (χ1v) is 6.01. The molecule has 1 aliphatic rings. The summed E-state index contributed by atoms with van der Waals surface area (Å²) in [6.45, 7) is 1.88. The molecule has 2 amide bonds. The van der Waals surface area contributed by atoms with E-state index in [-0.39, 0.29) is 18.6 Å². The van der Waals surface area contributed by atoms with Crippen LogP contribution in [0.1, 0.15) is 12.8 Å². The van der Waals surface area contributed by atoms with Crippen molar-refractivity contribution in [3.63, 3.8) is 0 Å². The summed E-state index contributed by atoms with van der Waals surface area (Å²) in [5, 5.41) is 14.1. The Hall–Kier alpha value is -1.34. The van der Waals surface area contributed by atoms with Crippen molar-refractivity contribution in [2.75, 3.05) is 33.8 Å². The Morgan fingerprint density at radius 1 is 1.44 bits per heavy atom. The van der Waals surface area contributed by atoms with Gasteiger partial charge in [-0.1, -0.05) is 0 Å². The Labute approximate surface area is 106 Å². The number of hydrogen-bond acceptors (Lipinski definition) is 4. The fourth-order valence-electron chi connectivity index (χ4n) is 1.85. The van der Waals surface area contributed by atoms with Crippen molar-refractivity contribution in [3.05, 3.63) is 0 Å². The highest BCUT2D eigenvalue weighted by Crippen LogP contribution is 2.07. The Morgan fingerprint density at radius 2 is 2.06 bits per heavy atom. The molecule has 0 aromatic carbocycles. The van der Waals surface area contributed by atoms with Crippen LogP contribution in [0.4, 0.5) is 4.79 Å². The van der Waals surface area contributed by atoms with Crippen molar-refractivity contribution in [3.8, 4) is 0 Å². The number of nitrogens with one attached hydrogen (secondary N) is 2. The number of ether oxygens (including phenoxy) is 1. The molecule has 1 heterocycles. The van der Waals surface area contributed by atoms with Crippen LogP contribution in [0, 0.1) is 0 Å². The van der Waals surface area contributed by atoms with Crippen molar-refractivity contribution >= 4 is 12.0 Å². The van der Waals surface area contributed by atoms with Crippen LogP contribution < -0.4 is 10.6 Å². The van der Waals surface area contributed by atoms with Crippen LogP contribution in [0.2, 0.25) is 0 Å². The van der Waals surface area contributed by atoms with Gasteiger partial charge in [0.2, 0.25) is 0 Å². The third-order valence-electron chi connectivity index (χ3n) is 3.06. The monoisotopic (exact) mass is 259 g/mol. The minimum atomic E-state index is -1.09. The molecule has 18 heavy (non-hydrogen) atoms. The molecule has 1 fully saturated rings. The van der Waals surface area contributed by atoms with Crippen LogP contribution in [0.5, 0.6) is 0 Å². The highest BCUT2D eigenvalue weighted by molar-refractivity contribution is 5.77. The van der Waals surface area contributed by atoms with E-state index < -0.39 is 12.1 Å². The minimum absolute atomic E-state index is 0.0374. The minimum Gasteiger partial charge on any atom is -0.479 e.